The number of benzene rings is 2. The molecule has 2 aromatic carbocycles. The quantitative estimate of drug-likeness (QED) is 0.665. The maximum Gasteiger partial charge on any atom is 0.251 e. The number of hydrogen-bond acceptors (Lipinski definition) is 4. The fourth-order valence-electron chi connectivity index (χ4n) is 4.06. The molecule has 3 rings (SSSR count). The van der Waals surface area contributed by atoms with Crippen molar-refractivity contribution >= 4 is 11.8 Å². The fourth-order valence-corrected chi connectivity index (χ4v) is 4.06. The van der Waals surface area contributed by atoms with E-state index in [1.807, 2.05) is 18.2 Å². The maximum absolute atomic E-state index is 12.6. The summed E-state index contributed by atoms with van der Waals surface area (Å²) in [5.74, 6) is 1.00. The monoisotopic (exact) mass is 410 g/mol. The predicted octanol–water partition coefficient (Wildman–Crippen LogP) is 3.35. The van der Waals surface area contributed by atoms with Crippen LogP contribution in [0.15, 0.2) is 48.5 Å². The van der Waals surface area contributed by atoms with E-state index < -0.39 is 0 Å². The lowest BCUT2D eigenvalue weighted by Gasteiger charge is -2.25. The Hall–Kier alpha value is -3.02. The van der Waals surface area contributed by atoms with E-state index in [0.717, 1.165) is 19.3 Å². The third-order valence-corrected chi connectivity index (χ3v) is 5.67. The van der Waals surface area contributed by atoms with Crippen molar-refractivity contribution in [3.8, 4) is 11.5 Å². The Bertz CT molecular complexity index is 848. The van der Waals surface area contributed by atoms with E-state index in [9.17, 15) is 9.59 Å². The first-order chi connectivity index (χ1) is 14.6. The molecule has 30 heavy (non-hydrogen) atoms. The highest BCUT2D eigenvalue weighted by Gasteiger charge is 2.26. The van der Waals surface area contributed by atoms with Crippen LogP contribution in [0.1, 0.15) is 41.6 Å². The van der Waals surface area contributed by atoms with E-state index in [4.69, 9.17) is 9.47 Å². The molecule has 1 unspecified atom stereocenters. The lowest BCUT2D eigenvalue weighted by atomic mass is 9.92. The fraction of sp³-hybridized carbons (Fsp3) is 0.417. The summed E-state index contributed by atoms with van der Waals surface area (Å²) in [6.07, 6.45) is 5.50. The van der Waals surface area contributed by atoms with Gasteiger partial charge in [-0.2, -0.15) is 0 Å². The SMILES string of the molecule is COc1ccc(C(=O)NCC(=O)NC(Cc2ccccc2)C2CCCC2)cc1OC. The van der Waals surface area contributed by atoms with Crippen LogP contribution in [0.2, 0.25) is 0 Å². The number of nitrogens with one attached hydrogen (secondary N) is 2. The molecule has 0 saturated heterocycles. The summed E-state index contributed by atoms with van der Waals surface area (Å²) >= 11 is 0. The molecule has 2 N–H and O–H groups in total. The van der Waals surface area contributed by atoms with Gasteiger partial charge in [0, 0.05) is 11.6 Å². The second-order valence-electron chi connectivity index (χ2n) is 7.66. The average molecular weight is 411 g/mol. The molecule has 1 aliphatic rings. The summed E-state index contributed by atoms with van der Waals surface area (Å²) in [4.78, 5) is 25.1. The van der Waals surface area contributed by atoms with E-state index in [-0.39, 0.29) is 24.4 Å². The smallest absolute Gasteiger partial charge is 0.251 e. The van der Waals surface area contributed by atoms with Crippen molar-refractivity contribution in [3.05, 3.63) is 59.7 Å². The number of hydrogen-bond donors (Lipinski definition) is 2. The summed E-state index contributed by atoms with van der Waals surface area (Å²) in [7, 11) is 3.06. The first kappa shape index (κ1) is 21.7. The lowest BCUT2D eigenvalue weighted by Crippen LogP contribution is -2.45. The van der Waals surface area contributed by atoms with E-state index in [1.54, 1.807) is 18.2 Å². The summed E-state index contributed by atoms with van der Waals surface area (Å²) in [5, 5.41) is 5.86. The minimum Gasteiger partial charge on any atom is -0.493 e. The van der Waals surface area contributed by atoms with Gasteiger partial charge in [-0.15, -0.1) is 0 Å². The minimum atomic E-state index is -0.327. The number of methoxy groups -OCH3 is 2. The lowest BCUT2D eigenvalue weighted by molar-refractivity contribution is -0.121. The van der Waals surface area contributed by atoms with Gasteiger partial charge in [0.15, 0.2) is 11.5 Å². The van der Waals surface area contributed by atoms with E-state index >= 15 is 0 Å². The minimum absolute atomic E-state index is 0.0643. The van der Waals surface area contributed by atoms with E-state index in [0.29, 0.717) is 23.0 Å². The number of rotatable bonds is 9. The second kappa shape index (κ2) is 10.7. The number of ether oxygens (including phenoxy) is 2. The molecule has 1 fully saturated rings. The Kier molecular flexibility index (Phi) is 7.71. The Morgan fingerprint density at radius 3 is 2.37 bits per heavy atom. The maximum atomic E-state index is 12.6. The average Bonchev–Trinajstić information content (AvgIpc) is 3.32. The van der Waals surface area contributed by atoms with Crippen molar-refractivity contribution in [2.24, 2.45) is 5.92 Å². The molecule has 6 nitrogen and oxygen atoms in total. The summed E-state index contributed by atoms with van der Waals surface area (Å²) in [5.41, 5.74) is 1.63. The van der Waals surface area contributed by atoms with Crippen molar-refractivity contribution < 1.29 is 19.1 Å². The van der Waals surface area contributed by atoms with Gasteiger partial charge in [-0.05, 0) is 48.9 Å². The van der Waals surface area contributed by atoms with Crippen molar-refractivity contribution in [1.82, 2.24) is 10.6 Å². The normalized spacial score (nSPS) is 14.7. The molecule has 1 saturated carbocycles. The Balaban J connectivity index is 1.57. The molecule has 1 aliphatic carbocycles. The predicted molar refractivity (Wildman–Crippen MR) is 116 cm³/mol. The zero-order valence-corrected chi connectivity index (χ0v) is 17.6. The van der Waals surface area contributed by atoms with E-state index in [1.165, 1.54) is 32.6 Å². The van der Waals surface area contributed by atoms with Crippen LogP contribution in [0.3, 0.4) is 0 Å². The van der Waals surface area contributed by atoms with Crippen LogP contribution < -0.4 is 20.1 Å². The molecule has 0 heterocycles. The molecule has 0 radical (unpaired) electrons. The molecule has 0 spiro atoms. The number of carbonyl (C=O) groups is 2. The highest BCUT2D eigenvalue weighted by Crippen LogP contribution is 2.29. The van der Waals surface area contributed by atoms with Crippen LogP contribution in [0.4, 0.5) is 0 Å². The first-order valence-electron chi connectivity index (χ1n) is 10.4. The van der Waals surface area contributed by atoms with Gasteiger partial charge >= 0.3 is 0 Å². The summed E-state index contributed by atoms with van der Waals surface area (Å²) in [6, 6.07) is 15.2. The number of carbonyl (C=O) groups excluding carboxylic acids is 2. The molecule has 2 amide bonds. The third kappa shape index (κ3) is 5.75. The van der Waals surface area contributed by atoms with Crippen LogP contribution in [-0.4, -0.2) is 38.6 Å². The van der Waals surface area contributed by atoms with Crippen molar-refractivity contribution in [1.29, 1.82) is 0 Å². The molecule has 6 heteroatoms. The van der Waals surface area contributed by atoms with Crippen LogP contribution in [0.25, 0.3) is 0 Å². The Morgan fingerprint density at radius 1 is 1.00 bits per heavy atom. The molecule has 1 atom stereocenters. The molecule has 0 aliphatic heterocycles. The van der Waals surface area contributed by atoms with Crippen molar-refractivity contribution in [2.75, 3.05) is 20.8 Å². The number of amides is 2. The molecule has 2 aromatic rings. The van der Waals surface area contributed by atoms with Gasteiger partial charge in [-0.1, -0.05) is 43.2 Å². The van der Waals surface area contributed by atoms with Crippen LogP contribution in [-0.2, 0) is 11.2 Å². The summed E-state index contributed by atoms with van der Waals surface area (Å²) in [6.45, 7) is -0.0643. The van der Waals surface area contributed by atoms with Gasteiger partial charge in [0.25, 0.3) is 5.91 Å². The molecule has 160 valence electrons. The van der Waals surface area contributed by atoms with Crippen LogP contribution in [0.5, 0.6) is 11.5 Å². The van der Waals surface area contributed by atoms with Crippen molar-refractivity contribution in [2.45, 2.75) is 38.1 Å². The first-order valence-corrected chi connectivity index (χ1v) is 10.4. The van der Waals surface area contributed by atoms with E-state index in [2.05, 4.69) is 22.8 Å². The van der Waals surface area contributed by atoms with Gasteiger partial charge in [0.1, 0.15) is 0 Å². The molecular formula is C24H30N2O4. The van der Waals surface area contributed by atoms with Gasteiger partial charge in [-0.25, -0.2) is 0 Å². The molecule has 0 aromatic heterocycles. The highest BCUT2D eigenvalue weighted by molar-refractivity contribution is 5.97. The largest absolute Gasteiger partial charge is 0.493 e. The van der Waals surface area contributed by atoms with Crippen LogP contribution >= 0.6 is 0 Å². The zero-order chi connectivity index (χ0) is 21.3. The van der Waals surface area contributed by atoms with Gasteiger partial charge in [-0.3, -0.25) is 9.59 Å². The topological polar surface area (TPSA) is 76.7 Å². The van der Waals surface area contributed by atoms with Gasteiger partial charge in [0.2, 0.25) is 5.91 Å². The van der Waals surface area contributed by atoms with Gasteiger partial charge in [0.05, 0.1) is 20.8 Å². The highest BCUT2D eigenvalue weighted by atomic mass is 16.5. The Morgan fingerprint density at radius 2 is 1.70 bits per heavy atom. The second-order valence-corrected chi connectivity index (χ2v) is 7.66. The molecular weight excluding hydrogens is 380 g/mol. The standard InChI is InChI=1S/C24H30N2O4/c1-29-21-13-12-19(15-22(21)30-2)24(28)25-16-23(27)26-20(18-10-6-7-11-18)14-17-8-4-3-5-9-17/h3-5,8-9,12-13,15,18,20H,6-7,10-11,14,16H2,1-2H3,(H,25,28)(H,26,27). The third-order valence-electron chi connectivity index (χ3n) is 5.67. The van der Waals surface area contributed by atoms with Crippen molar-refractivity contribution in [3.63, 3.8) is 0 Å². The molecule has 0 bridgehead atoms. The van der Waals surface area contributed by atoms with Crippen LogP contribution in [0, 0.1) is 5.92 Å². The zero-order valence-electron chi connectivity index (χ0n) is 17.6. The Labute approximate surface area is 178 Å². The van der Waals surface area contributed by atoms with Gasteiger partial charge < -0.3 is 20.1 Å². The summed E-state index contributed by atoms with van der Waals surface area (Å²) < 4.78 is 10.4.